The summed E-state index contributed by atoms with van der Waals surface area (Å²) < 4.78 is 9.64. The van der Waals surface area contributed by atoms with Crippen LogP contribution in [0.15, 0.2) is 28.9 Å². The molecule has 0 saturated carbocycles. The third-order valence-electron chi connectivity index (χ3n) is 1.96. The van der Waals surface area contributed by atoms with Crippen molar-refractivity contribution in [3.63, 3.8) is 0 Å². The maximum absolute atomic E-state index is 11.3. The number of hydrogen-bond acceptors (Lipinski definition) is 4. The van der Waals surface area contributed by atoms with E-state index >= 15 is 0 Å². The summed E-state index contributed by atoms with van der Waals surface area (Å²) in [6, 6.07) is 3.39. The van der Waals surface area contributed by atoms with E-state index in [9.17, 15) is 9.59 Å². The normalized spacial score (nSPS) is 12.5. The number of hydrogen-bond donors (Lipinski definition) is 2. The van der Waals surface area contributed by atoms with Gasteiger partial charge in [0.05, 0.1) is 12.8 Å². The molecule has 17 heavy (non-hydrogen) atoms. The first-order chi connectivity index (χ1) is 8.13. The fraction of sp³-hybridized carbons (Fsp3) is 0.273. The van der Waals surface area contributed by atoms with Crippen molar-refractivity contribution in [3.05, 3.63) is 30.2 Å². The molecule has 1 amide bonds. The first-order valence-electron chi connectivity index (χ1n) is 4.88. The van der Waals surface area contributed by atoms with E-state index < -0.39 is 18.0 Å². The molecule has 92 valence electrons. The molecule has 6 heteroatoms. The zero-order chi connectivity index (χ0) is 12.7. The Labute approximate surface area is 97.9 Å². The van der Waals surface area contributed by atoms with Crippen LogP contribution in [-0.2, 0) is 14.3 Å². The number of ether oxygens (including phenoxy) is 1. The molecule has 6 nitrogen and oxygen atoms in total. The van der Waals surface area contributed by atoms with Crippen LogP contribution in [0.2, 0.25) is 0 Å². The van der Waals surface area contributed by atoms with Crippen molar-refractivity contribution in [2.45, 2.75) is 6.10 Å². The third kappa shape index (κ3) is 4.52. The van der Waals surface area contributed by atoms with Gasteiger partial charge in [-0.05, 0) is 18.2 Å². The lowest BCUT2D eigenvalue weighted by Gasteiger charge is -2.09. The second-order valence-corrected chi connectivity index (χ2v) is 3.16. The van der Waals surface area contributed by atoms with Crippen molar-refractivity contribution in [3.8, 4) is 0 Å². The van der Waals surface area contributed by atoms with Gasteiger partial charge in [0.15, 0.2) is 6.10 Å². The van der Waals surface area contributed by atoms with Crippen LogP contribution in [0.4, 0.5) is 0 Å². The standard InChI is InChI=1S/C11H13NO5/c1-16-9(11(14)15)7-12-10(13)5-4-8-3-2-6-17-8/h2-6,9H,7H2,1H3,(H,12,13)(H,14,15)/b5-4+. The highest BCUT2D eigenvalue weighted by atomic mass is 16.5. The lowest BCUT2D eigenvalue weighted by molar-refractivity contribution is -0.148. The molecular weight excluding hydrogens is 226 g/mol. The average Bonchev–Trinajstić information content (AvgIpc) is 2.79. The van der Waals surface area contributed by atoms with Crippen LogP contribution >= 0.6 is 0 Å². The lowest BCUT2D eigenvalue weighted by Crippen LogP contribution is -2.37. The smallest absolute Gasteiger partial charge is 0.334 e. The van der Waals surface area contributed by atoms with Crippen LogP contribution in [0.1, 0.15) is 5.76 Å². The van der Waals surface area contributed by atoms with Crippen LogP contribution < -0.4 is 5.32 Å². The van der Waals surface area contributed by atoms with Crippen LogP contribution in [0.5, 0.6) is 0 Å². The number of nitrogens with one attached hydrogen (secondary N) is 1. The summed E-state index contributed by atoms with van der Waals surface area (Å²) in [5.74, 6) is -0.991. The molecule has 0 aromatic carbocycles. The van der Waals surface area contributed by atoms with E-state index in [-0.39, 0.29) is 6.54 Å². The Morgan fingerprint density at radius 1 is 1.65 bits per heavy atom. The van der Waals surface area contributed by atoms with Crippen LogP contribution in [-0.4, -0.2) is 36.7 Å². The minimum absolute atomic E-state index is 0.0901. The molecule has 0 fully saturated rings. The Hall–Kier alpha value is -2.08. The molecule has 0 aliphatic carbocycles. The highest BCUT2D eigenvalue weighted by Gasteiger charge is 2.16. The van der Waals surface area contributed by atoms with Gasteiger partial charge in [0.1, 0.15) is 5.76 Å². The molecule has 0 bridgehead atoms. The average molecular weight is 239 g/mol. The van der Waals surface area contributed by atoms with Gasteiger partial charge in [-0.2, -0.15) is 0 Å². The number of carbonyl (C=O) groups is 2. The second kappa shape index (κ2) is 6.49. The largest absolute Gasteiger partial charge is 0.479 e. The predicted molar refractivity (Wildman–Crippen MR) is 59.2 cm³/mol. The zero-order valence-electron chi connectivity index (χ0n) is 9.25. The zero-order valence-corrected chi connectivity index (χ0v) is 9.25. The minimum Gasteiger partial charge on any atom is -0.479 e. The minimum atomic E-state index is -1.12. The van der Waals surface area contributed by atoms with E-state index in [0.717, 1.165) is 0 Å². The number of carboxylic acids is 1. The van der Waals surface area contributed by atoms with Gasteiger partial charge >= 0.3 is 5.97 Å². The highest BCUT2D eigenvalue weighted by Crippen LogP contribution is 2.01. The summed E-state index contributed by atoms with van der Waals surface area (Å²) in [5, 5.41) is 11.1. The molecule has 1 aromatic rings. The Morgan fingerprint density at radius 2 is 2.41 bits per heavy atom. The van der Waals surface area contributed by atoms with E-state index in [1.807, 2.05) is 0 Å². The topological polar surface area (TPSA) is 88.8 Å². The van der Waals surface area contributed by atoms with Gasteiger partial charge < -0.3 is 19.6 Å². The highest BCUT2D eigenvalue weighted by molar-refractivity contribution is 5.91. The fourth-order valence-electron chi connectivity index (χ4n) is 1.07. The van der Waals surface area contributed by atoms with E-state index in [1.54, 1.807) is 12.1 Å². The molecular formula is C11H13NO5. The van der Waals surface area contributed by atoms with Crippen molar-refractivity contribution in [1.29, 1.82) is 0 Å². The molecule has 0 spiro atoms. The van der Waals surface area contributed by atoms with E-state index in [2.05, 4.69) is 10.1 Å². The van der Waals surface area contributed by atoms with Crippen LogP contribution in [0.3, 0.4) is 0 Å². The molecule has 1 atom stereocenters. The number of amides is 1. The van der Waals surface area contributed by atoms with Gasteiger partial charge in [0.2, 0.25) is 5.91 Å². The van der Waals surface area contributed by atoms with Crippen molar-refractivity contribution in [1.82, 2.24) is 5.32 Å². The number of furan rings is 1. The van der Waals surface area contributed by atoms with Gasteiger partial charge in [-0.25, -0.2) is 4.79 Å². The van der Waals surface area contributed by atoms with E-state index in [0.29, 0.717) is 5.76 Å². The van der Waals surface area contributed by atoms with Crippen molar-refractivity contribution >= 4 is 18.0 Å². The molecule has 1 aromatic heterocycles. The maximum Gasteiger partial charge on any atom is 0.334 e. The second-order valence-electron chi connectivity index (χ2n) is 3.16. The van der Waals surface area contributed by atoms with Gasteiger partial charge in [-0.15, -0.1) is 0 Å². The summed E-state index contributed by atoms with van der Waals surface area (Å²) in [6.07, 6.45) is 3.19. The molecule has 0 aliphatic heterocycles. The Kier molecular flexibility index (Phi) is 4.96. The van der Waals surface area contributed by atoms with Gasteiger partial charge in [0.25, 0.3) is 0 Å². The summed E-state index contributed by atoms with van der Waals surface area (Å²) in [6.45, 7) is -0.0901. The maximum atomic E-state index is 11.3. The Balaban J connectivity index is 2.37. The lowest BCUT2D eigenvalue weighted by atomic mass is 10.3. The summed E-state index contributed by atoms with van der Waals surface area (Å²) in [7, 11) is 1.27. The number of carbonyl (C=O) groups excluding carboxylic acids is 1. The third-order valence-corrected chi connectivity index (χ3v) is 1.96. The van der Waals surface area contributed by atoms with E-state index in [4.69, 9.17) is 9.52 Å². The van der Waals surface area contributed by atoms with Crippen LogP contribution in [0.25, 0.3) is 6.08 Å². The van der Waals surface area contributed by atoms with Crippen molar-refractivity contribution in [2.75, 3.05) is 13.7 Å². The first kappa shape index (κ1) is 13.0. The van der Waals surface area contributed by atoms with Gasteiger partial charge in [-0.3, -0.25) is 4.79 Å². The Bertz CT molecular complexity index is 396. The Morgan fingerprint density at radius 3 is 2.94 bits per heavy atom. The number of rotatable bonds is 6. The fourth-order valence-corrected chi connectivity index (χ4v) is 1.07. The van der Waals surface area contributed by atoms with Gasteiger partial charge in [-0.1, -0.05) is 0 Å². The monoisotopic (exact) mass is 239 g/mol. The SMILES string of the molecule is COC(CNC(=O)/C=C/c1ccco1)C(=O)O. The number of aliphatic carboxylic acids is 1. The summed E-state index contributed by atoms with van der Waals surface area (Å²) in [5.41, 5.74) is 0. The molecule has 1 unspecified atom stereocenters. The predicted octanol–water partition coefficient (Wildman–Crippen LogP) is 0.509. The van der Waals surface area contributed by atoms with Crippen molar-refractivity contribution in [2.24, 2.45) is 0 Å². The molecule has 1 rings (SSSR count). The van der Waals surface area contributed by atoms with Crippen molar-refractivity contribution < 1.29 is 23.8 Å². The molecule has 0 radical (unpaired) electrons. The first-order valence-corrected chi connectivity index (χ1v) is 4.88. The molecule has 0 saturated heterocycles. The quantitative estimate of drug-likeness (QED) is 0.706. The van der Waals surface area contributed by atoms with E-state index in [1.165, 1.54) is 25.5 Å². The van der Waals surface area contributed by atoms with Crippen LogP contribution in [0, 0.1) is 0 Å². The number of carboxylic acid groups (broad SMARTS) is 1. The molecule has 1 heterocycles. The molecule has 2 N–H and O–H groups in total. The summed E-state index contributed by atoms with van der Waals surface area (Å²) >= 11 is 0. The van der Waals surface area contributed by atoms with Gasteiger partial charge in [0, 0.05) is 13.2 Å². The molecule has 0 aliphatic rings. The number of methoxy groups -OCH3 is 1. The summed E-state index contributed by atoms with van der Waals surface area (Å²) in [4.78, 5) is 21.9.